The number of rotatable bonds is 6. The van der Waals surface area contributed by atoms with E-state index < -0.39 is 18.3 Å². The zero-order valence-corrected chi connectivity index (χ0v) is 7.69. The highest BCUT2D eigenvalue weighted by atomic mass is 19.3. The Morgan fingerprint density at radius 3 is 2.54 bits per heavy atom. The predicted molar refractivity (Wildman–Crippen MR) is 44.5 cm³/mol. The molecule has 0 bridgehead atoms. The van der Waals surface area contributed by atoms with Gasteiger partial charge in [-0.15, -0.1) is 0 Å². The van der Waals surface area contributed by atoms with Crippen LogP contribution in [0.2, 0.25) is 0 Å². The van der Waals surface area contributed by atoms with E-state index >= 15 is 0 Å². The number of carbonyl (C=O) groups excluding carboxylic acids is 1. The van der Waals surface area contributed by atoms with Gasteiger partial charge in [-0.2, -0.15) is 0 Å². The maximum absolute atomic E-state index is 12.7. The molecule has 0 rings (SSSR count). The van der Waals surface area contributed by atoms with Crippen molar-refractivity contribution in [1.29, 1.82) is 0 Å². The van der Waals surface area contributed by atoms with Gasteiger partial charge < -0.3 is 10.5 Å². The van der Waals surface area contributed by atoms with Gasteiger partial charge in [0, 0.05) is 12.8 Å². The molecule has 78 valence electrons. The van der Waals surface area contributed by atoms with E-state index in [4.69, 9.17) is 5.73 Å². The molecule has 2 N–H and O–H groups in total. The van der Waals surface area contributed by atoms with Gasteiger partial charge in [0.15, 0.2) is 0 Å². The summed E-state index contributed by atoms with van der Waals surface area (Å²) in [6.07, 6.45) is -1.11. The lowest BCUT2D eigenvalue weighted by molar-refractivity contribution is -0.145. The van der Waals surface area contributed by atoms with E-state index in [9.17, 15) is 13.6 Å². The molecule has 0 saturated carbocycles. The first kappa shape index (κ1) is 12.3. The molecule has 3 nitrogen and oxygen atoms in total. The Labute approximate surface area is 76.2 Å². The van der Waals surface area contributed by atoms with Gasteiger partial charge in [0.1, 0.15) is 0 Å². The largest absolute Gasteiger partial charge is 0.466 e. The van der Waals surface area contributed by atoms with E-state index in [0.717, 1.165) is 0 Å². The number of hydrogen-bond acceptors (Lipinski definition) is 3. The molecule has 0 radical (unpaired) electrons. The smallest absolute Gasteiger partial charge is 0.305 e. The molecular weight excluding hydrogens is 180 g/mol. The van der Waals surface area contributed by atoms with Gasteiger partial charge >= 0.3 is 5.97 Å². The standard InChI is InChI=1S/C8H15F2NO2/c1-2-13-7(12)3-4-8(9,10)5-6-11/h2-6,11H2,1H3. The number of alkyl halides is 2. The first-order valence-electron chi connectivity index (χ1n) is 4.25. The van der Waals surface area contributed by atoms with Crippen LogP contribution in [-0.4, -0.2) is 25.0 Å². The van der Waals surface area contributed by atoms with Crippen LogP contribution in [0.5, 0.6) is 0 Å². The van der Waals surface area contributed by atoms with Crippen LogP contribution in [0.1, 0.15) is 26.2 Å². The molecule has 0 spiro atoms. The van der Waals surface area contributed by atoms with Crippen LogP contribution in [-0.2, 0) is 9.53 Å². The molecule has 13 heavy (non-hydrogen) atoms. The number of carbonyl (C=O) groups is 1. The maximum Gasteiger partial charge on any atom is 0.305 e. The van der Waals surface area contributed by atoms with Gasteiger partial charge in [0.05, 0.1) is 13.0 Å². The molecular formula is C8H15F2NO2. The van der Waals surface area contributed by atoms with E-state index in [0.29, 0.717) is 0 Å². The van der Waals surface area contributed by atoms with Crippen molar-refractivity contribution in [2.75, 3.05) is 13.2 Å². The van der Waals surface area contributed by atoms with Crippen LogP contribution in [0.15, 0.2) is 0 Å². The summed E-state index contributed by atoms with van der Waals surface area (Å²) < 4.78 is 30.0. The minimum absolute atomic E-state index is 0.0736. The molecule has 0 aromatic carbocycles. The molecule has 5 heteroatoms. The fraction of sp³-hybridized carbons (Fsp3) is 0.875. The minimum atomic E-state index is -2.85. The number of nitrogens with two attached hydrogens (primary N) is 1. The predicted octanol–water partition coefficient (Wildman–Crippen LogP) is 1.31. The van der Waals surface area contributed by atoms with Crippen molar-refractivity contribution in [3.63, 3.8) is 0 Å². The minimum Gasteiger partial charge on any atom is -0.466 e. The second-order valence-corrected chi connectivity index (χ2v) is 2.70. The van der Waals surface area contributed by atoms with Crippen molar-refractivity contribution in [1.82, 2.24) is 0 Å². The normalized spacial score (nSPS) is 11.4. The monoisotopic (exact) mass is 195 g/mol. The Kier molecular flexibility index (Phi) is 5.53. The maximum atomic E-state index is 12.7. The fourth-order valence-electron chi connectivity index (χ4n) is 0.854. The van der Waals surface area contributed by atoms with Crippen LogP contribution in [0.25, 0.3) is 0 Å². The molecule has 0 aliphatic rings. The average molecular weight is 195 g/mol. The molecule has 0 heterocycles. The van der Waals surface area contributed by atoms with Crippen LogP contribution >= 0.6 is 0 Å². The zero-order chi connectivity index (χ0) is 10.3. The van der Waals surface area contributed by atoms with Crippen molar-refractivity contribution in [3.05, 3.63) is 0 Å². The topological polar surface area (TPSA) is 52.3 Å². The summed E-state index contributed by atoms with van der Waals surface area (Å²) in [7, 11) is 0. The molecule has 0 saturated heterocycles. The van der Waals surface area contributed by atoms with E-state index in [1.54, 1.807) is 6.92 Å². The SMILES string of the molecule is CCOC(=O)CCC(F)(F)CCN. The van der Waals surface area contributed by atoms with Crippen molar-refractivity contribution in [3.8, 4) is 0 Å². The molecule has 0 unspecified atom stereocenters. The summed E-state index contributed by atoms with van der Waals surface area (Å²) in [5, 5.41) is 0. The van der Waals surface area contributed by atoms with Gasteiger partial charge in [-0.1, -0.05) is 0 Å². The van der Waals surface area contributed by atoms with E-state index in [-0.39, 0.29) is 26.0 Å². The Bertz CT molecular complexity index is 162. The lowest BCUT2D eigenvalue weighted by atomic mass is 10.1. The summed E-state index contributed by atoms with van der Waals surface area (Å²) in [6.45, 7) is 1.78. The first-order chi connectivity index (χ1) is 6.02. The third-order valence-electron chi connectivity index (χ3n) is 1.51. The summed E-state index contributed by atoms with van der Waals surface area (Å²) in [5.41, 5.74) is 4.98. The Balaban J connectivity index is 3.67. The third-order valence-corrected chi connectivity index (χ3v) is 1.51. The summed E-state index contributed by atoms with van der Waals surface area (Å²) in [5.74, 6) is -3.43. The fourth-order valence-corrected chi connectivity index (χ4v) is 0.854. The second kappa shape index (κ2) is 5.85. The molecule has 0 aromatic heterocycles. The Morgan fingerprint density at radius 1 is 1.46 bits per heavy atom. The molecule has 0 aliphatic heterocycles. The van der Waals surface area contributed by atoms with Crippen LogP contribution in [0, 0.1) is 0 Å². The lowest BCUT2D eigenvalue weighted by Gasteiger charge is -2.13. The molecule has 0 atom stereocenters. The second-order valence-electron chi connectivity index (χ2n) is 2.70. The molecule has 0 amide bonds. The summed E-state index contributed by atoms with van der Waals surface area (Å²) >= 11 is 0. The highest BCUT2D eigenvalue weighted by molar-refractivity contribution is 5.69. The molecule has 0 fully saturated rings. The van der Waals surface area contributed by atoms with Gasteiger partial charge in [-0.3, -0.25) is 4.79 Å². The van der Waals surface area contributed by atoms with Crippen LogP contribution in [0.4, 0.5) is 8.78 Å². The molecule has 0 aromatic rings. The lowest BCUT2D eigenvalue weighted by Crippen LogP contribution is -2.22. The first-order valence-corrected chi connectivity index (χ1v) is 4.25. The Morgan fingerprint density at radius 2 is 2.08 bits per heavy atom. The summed E-state index contributed by atoms with van der Waals surface area (Å²) in [4.78, 5) is 10.7. The van der Waals surface area contributed by atoms with E-state index in [1.807, 2.05) is 0 Å². The molecule has 0 aliphatic carbocycles. The zero-order valence-electron chi connectivity index (χ0n) is 7.69. The summed E-state index contributed by atoms with van der Waals surface area (Å²) in [6, 6.07) is 0. The van der Waals surface area contributed by atoms with Crippen LogP contribution < -0.4 is 5.73 Å². The van der Waals surface area contributed by atoms with Crippen molar-refractivity contribution >= 4 is 5.97 Å². The number of halogens is 2. The highest BCUT2D eigenvalue weighted by Gasteiger charge is 2.28. The highest BCUT2D eigenvalue weighted by Crippen LogP contribution is 2.23. The van der Waals surface area contributed by atoms with Crippen molar-refractivity contribution < 1.29 is 18.3 Å². The van der Waals surface area contributed by atoms with Crippen LogP contribution in [0.3, 0.4) is 0 Å². The van der Waals surface area contributed by atoms with Crippen molar-refractivity contribution in [2.45, 2.75) is 32.1 Å². The average Bonchev–Trinajstić information content (AvgIpc) is 2.02. The van der Waals surface area contributed by atoms with E-state index in [1.165, 1.54) is 0 Å². The number of esters is 1. The van der Waals surface area contributed by atoms with Gasteiger partial charge in [0.25, 0.3) is 0 Å². The van der Waals surface area contributed by atoms with Gasteiger partial charge in [0.2, 0.25) is 5.92 Å². The van der Waals surface area contributed by atoms with Crippen molar-refractivity contribution in [2.24, 2.45) is 5.73 Å². The van der Waals surface area contributed by atoms with E-state index in [2.05, 4.69) is 4.74 Å². The third kappa shape index (κ3) is 6.45. The Hall–Kier alpha value is -0.710. The van der Waals surface area contributed by atoms with Gasteiger partial charge in [-0.25, -0.2) is 8.78 Å². The number of ether oxygens (including phenoxy) is 1. The number of hydrogen-bond donors (Lipinski definition) is 1. The van der Waals surface area contributed by atoms with Gasteiger partial charge in [-0.05, 0) is 13.5 Å². The quantitative estimate of drug-likeness (QED) is 0.650.